The molecule has 0 fully saturated rings. The van der Waals surface area contributed by atoms with Gasteiger partial charge in [0.05, 0.1) is 18.2 Å². The minimum atomic E-state index is -0.200. The Balaban J connectivity index is 1.70. The van der Waals surface area contributed by atoms with Gasteiger partial charge in [0, 0.05) is 18.2 Å². The van der Waals surface area contributed by atoms with Gasteiger partial charge in [-0.05, 0) is 25.1 Å². The van der Waals surface area contributed by atoms with Gasteiger partial charge >= 0.3 is 0 Å². The normalized spacial score (nSPS) is 10.6. The van der Waals surface area contributed by atoms with Crippen LogP contribution in [0.15, 0.2) is 53.1 Å². The molecule has 0 radical (unpaired) electrons. The van der Waals surface area contributed by atoms with Gasteiger partial charge in [0.1, 0.15) is 5.75 Å². The first-order valence-electron chi connectivity index (χ1n) is 8.14. The lowest BCUT2D eigenvalue weighted by atomic mass is 10.2. The highest BCUT2D eigenvalue weighted by Gasteiger charge is 2.17. The van der Waals surface area contributed by atoms with E-state index in [4.69, 9.17) is 20.9 Å². The largest absolute Gasteiger partial charge is 0.492 e. The van der Waals surface area contributed by atoms with Gasteiger partial charge in [0.2, 0.25) is 11.7 Å². The Kier molecular flexibility index (Phi) is 5.53. The van der Waals surface area contributed by atoms with Gasteiger partial charge in [-0.25, -0.2) is 0 Å². The second-order valence-corrected chi connectivity index (χ2v) is 6.02. The van der Waals surface area contributed by atoms with Crippen LogP contribution in [0.5, 0.6) is 5.75 Å². The number of carbonyl (C=O) groups is 1. The van der Waals surface area contributed by atoms with E-state index in [-0.39, 0.29) is 12.5 Å². The summed E-state index contributed by atoms with van der Waals surface area (Å²) in [5.41, 5.74) is 1.32. The van der Waals surface area contributed by atoms with Crippen LogP contribution in [0.2, 0.25) is 5.02 Å². The van der Waals surface area contributed by atoms with Crippen molar-refractivity contribution in [3.63, 3.8) is 0 Å². The number of carbonyl (C=O) groups excluding carboxylic acids is 1. The standard InChI is InChI=1S/C19H18ClN3O3/c1-3-25-16-10-9-14(11-15(16)20)19(24)23(2)12-17-21-18(22-26-17)13-7-5-4-6-8-13/h4-11H,3,12H2,1-2H3. The van der Waals surface area contributed by atoms with Crippen molar-refractivity contribution < 1.29 is 14.1 Å². The molecule has 0 bridgehead atoms. The summed E-state index contributed by atoms with van der Waals surface area (Å²) in [7, 11) is 1.67. The molecule has 3 aromatic rings. The maximum absolute atomic E-state index is 12.6. The summed E-state index contributed by atoms with van der Waals surface area (Å²) in [4.78, 5) is 18.4. The van der Waals surface area contributed by atoms with Crippen molar-refractivity contribution >= 4 is 17.5 Å². The lowest BCUT2D eigenvalue weighted by Gasteiger charge is -2.15. The minimum Gasteiger partial charge on any atom is -0.492 e. The summed E-state index contributed by atoms with van der Waals surface area (Å²) < 4.78 is 10.6. The predicted octanol–water partition coefficient (Wildman–Crippen LogP) is 4.06. The topological polar surface area (TPSA) is 68.5 Å². The Morgan fingerprint density at radius 3 is 2.69 bits per heavy atom. The summed E-state index contributed by atoms with van der Waals surface area (Å²) in [6.07, 6.45) is 0. The van der Waals surface area contributed by atoms with Crippen molar-refractivity contribution in [1.29, 1.82) is 0 Å². The van der Waals surface area contributed by atoms with E-state index in [1.165, 1.54) is 4.90 Å². The zero-order chi connectivity index (χ0) is 18.5. The molecule has 26 heavy (non-hydrogen) atoms. The van der Waals surface area contributed by atoms with E-state index in [9.17, 15) is 4.79 Å². The van der Waals surface area contributed by atoms with Crippen molar-refractivity contribution in [2.75, 3.05) is 13.7 Å². The fraction of sp³-hybridized carbons (Fsp3) is 0.211. The average Bonchev–Trinajstić information content (AvgIpc) is 3.12. The molecule has 0 saturated heterocycles. The first-order valence-corrected chi connectivity index (χ1v) is 8.52. The highest BCUT2D eigenvalue weighted by atomic mass is 35.5. The number of aromatic nitrogens is 2. The molecule has 0 aliphatic carbocycles. The molecule has 1 aromatic heterocycles. The molecule has 2 aromatic carbocycles. The highest BCUT2D eigenvalue weighted by Crippen LogP contribution is 2.26. The Hall–Kier alpha value is -2.86. The second-order valence-electron chi connectivity index (χ2n) is 5.62. The lowest BCUT2D eigenvalue weighted by Crippen LogP contribution is -2.26. The van der Waals surface area contributed by atoms with Gasteiger partial charge in [-0.15, -0.1) is 0 Å². The van der Waals surface area contributed by atoms with Crippen molar-refractivity contribution in [3.05, 3.63) is 65.0 Å². The Morgan fingerprint density at radius 2 is 2.00 bits per heavy atom. The van der Waals surface area contributed by atoms with Crippen LogP contribution in [-0.2, 0) is 6.54 Å². The van der Waals surface area contributed by atoms with Crippen molar-refractivity contribution in [3.8, 4) is 17.1 Å². The van der Waals surface area contributed by atoms with Gasteiger partial charge in [0.25, 0.3) is 5.91 Å². The first-order chi connectivity index (χ1) is 12.6. The summed E-state index contributed by atoms with van der Waals surface area (Å²) in [5, 5.41) is 4.35. The molecule has 1 heterocycles. The third kappa shape index (κ3) is 4.03. The summed E-state index contributed by atoms with van der Waals surface area (Å²) in [6.45, 7) is 2.58. The van der Waals surface area contributed by atoms with E-state index in [1.54, 1.807) is 25.2 Å². The number of ether oxygens (including phenoxy) is 1. The van der Waals surface area contributed by atoms with Crippen molar-refractivity contribution in [2.24, 2.45) is 0 Å². The van der Waals surface area contributed by atoms with Crippen LogP contribution in [0.25, 0.3) is 11.4 Å². The Bertz CT molecular complexity index is 896. The SMILES string of the molecule is CCOc1ccc(C(=O)N(C)Cc2nc(-c3ccccc3)no2)cc1Cl. The third-order valence-electron chi connectivity index (χ3n) is 3.70. The number of benzene rings is 2. The highest BCUT2D eigenvalue weighted by molar-refractivity contribution is 6.32. The van der Waals surface area contributed by atoms with Crippen LogP contribution in [-0.4, -0.2) is 34.6 Å². The average molecular weight is 372 g/mol. The van der Waals surface area contributed by atoms with Crippen molar-refractivity contribution in [1.82, 2.24) is 15.0 Å². The first kappa shape index (κ1) is 17.9. The van der Waals surface area contributed by atoms with E-state index < -0.39 is 0 Å². The molecule has 1 amide bonds. The number of nitrogens with zero attached hydrogens (tertiary/aromatic N) is 3. The molecular formula is C19H18ClN3O3. The fourth-order valence-electron chi connectivity index (χ4n) is 2.43. The van der Waals surface area contributed by atoms with Gasteiger partial charge < -0.3 is 14.2 Å². The number of hydrogen-bond donors (Lipinski definition) is 0. The fourth-order valence-corrected chi connectivity index (χ4v) is 2.66. The Morgan fingerprint density at radius 1 is 1.23 bits per heavy atom. The maximum atomic E-state index is 12.6. The molecule has 0 saturated carbocycles. The van der Waals surface area contributed by atoms with Crippen molar-refractivity contribution in [2.45, 2.75) is 13.5 Å². The number of hydrogen-bond acceptors (Lipinski definition) is 5. The van der Waals surface area contributed by atoms with Gasteiger partial charge in [-0.3, -0.25) is 4.79 Å². The minimum absolute atomic E-state index is 0.198. The van der Waals surface area contributed by atoms with Crippen LogP contribution >= 0.6 is 11.6 Å². The van der Waals surface area contributed by atoms with E-state index in [1.807, 2.05) is 37.3 Å². The molecule has 0 aliphatic heterocycles. The summed E-state index contributed by atoms with van der Waals surface area (Å²) in [6, 6.07) is 14.5. The quantitative estimate of drug-likeness (QED) is 0.653. The van der Waals surface area contributed by atoms with E-state index in [2.05, 4.69) is 10.1 Å². The molecule has 0 unspecified atom stereocenters. The molecule has 7 heteroatoms. The number of rotatable bonds is 6. The predicted molar refractivity (Wildman–Crippen MR) is 98.2 cm³/mol. The molecule has 0 atom stereocenters. The molecule has 0 spiro atoms. The molecular weight excluding hydrogens is 354 g/mol. The van der Waals surface area contributed by atoms with Gasteiger partial charge in [0.15, 0.2) is 0 Å². The summed E-state index contributed by atoms with van der Waals surface area (Å²) >= 11 is 6.15. The van der Waals surface area contributed by atoms with Crippen LogP contribution in [0.1, 0.15) is 23.2 Å². The molecule has 0 aliphatic rings. The smallest absolute Gasteiger partial charge is 0.254 e. The summed E-state index contributed by atoms with van der Waals surface area (Å²) in [5.74, 6) is 1.20. The molecule has 134 valence electrons. The second kappa shape index (κ2) is 8.01. The number of amides is 1. The third-order valence-corrected chi connectivity index (χ3v) is 3.99. The molecule has 0 N–H and O–H groups in total. The molecule has 6 nitrogen and oxygen atoms in total. The van der Waals surface area contributed by atoms with E-state index >= 15 is 0 Å². The zero-order valence-electron chi connectivity index (χ0n) is 14.5. The Labute approximate surface area is 156 Å². The van der Waals surface area contributed by atoms with E-state index in [0.29, 0.717) is 34.7 Å². The number of halogens is 1. The van der Waals surface area contributed by atoms with Gasteiger partial charge in [-0.2, -0.15) is 4.98 Å². The monoisotopic (exact) mass is 371 g/mol. The van der Waals surface area contributed by atoms with Crippen LogP contribution < -0.4 is 4.74 Å². The molecule has 3 rings (SSSR count). The maximum Gasteiger partial charge on any atom is 0.254 e. The van der Waals surface area contributed by atoms with E-state index in [0.717, 1.165) is 5.56 Å². The zero-order valence-corrected chi connectivity index (χ0v) is 15.2. The van der Waals surface area contributed by atoms with Crippen LogP contribution in [0.3, 0.4) is 0 Å². The van der Waals surface area contributed by atoms with Gasteiger partial charge in [-0.1, -0.05) is 47.1 Å². The van der Waals surface area contributed by atoms with Crippen LogP contribution in [0, 0.1) is 0 Å². The van der Waals surface area contributed by atoms with Crippen LogP contribution in [0.4, 0.5) is 0 Å². The lowest BCUT2D eigenvalue weighted by molar-refractivity contribution is 0.0769.